The van der Waals surface area contributed by atoms with Crippen LogP contribution in [0.15, 0.2) is 0 Å². The number of hydrogen-bond donors (Lipinski definition) is 2. The average molecular weight is 196 g/mol. The second-order valence-electron chi connectivity index (χ2n) is 3.06. The first-order valence-corrected chi connectivity index (χ1v) is 3.91. The minimum Gasteiger partial charge on any atom is -0.388 e. The van der Waals surface area contributed by atoms with E-state index >= 15 is 0 Å². The molecule has 2 saturated heterocycles. The Hall–Kier alpha value is 0.130. The van der Waals surface area contributed by atoms with Crippen molar-refractivity contribution in [3.8, 4) is 0 Å². The molecule has 2 fully saturated rings. The van der Waals surface area contributed by atoms with Crippen LogP contribution in [0.25, 0.3) is 0 Å². The zero-order valence-corrected chi connectivity index (χ0v) is 7.71. The van der Waals surface area contributed by atoms with E-state index in [-0.39, 0.29) is 30.7 Å². The molecule has 5 heteroatoms. The zero-order chi connectivity index (χ0) is 7.84. The fourth-order valence-electron chi connectivity index (χ4n) is 1.73. The molecule has 4 nitrogen and oxygen atoms in total. The van der Waals surface area contributed by atoms with Gasteiger partial charge < -0.3 is 19.9 Å². The number of likely N-dealkylation sites (N-methyl/N-ethyl adjacent to an activating group) is 1. The Labute approximate surface area is 77.6 Å². The van der Waals surface area contributed by atoms with Crippen LogP contribution in [0.1, 0.15) is 0 Å². The minimum absolute atomic E-state index is 0. The van der Waals surface area contributed by atoms with Crippen LogP contribution in [0.3, 0.4) is 0 Å². The van der Waals surface area contributed by atoms with Crippen molar-refractivity contribution in [3.63, 3.8) is 0 Å². The minimum atomic E-state index is -0.432. The molecule has 72 valence electrons. The third-order valence-electron chi connectivity index (χ3n) is 2.40. The fraction of sp³-hybridized carbons (Fsp3) is 1.00. The summed E-state index contributed by atoms with van der Waals surface area (Å²) in [6.07, 6.45) is -0.485. The normalized spacial score (nSPS) is 45.5. The topological polar surface area (TPSA) is 50.7 Å². The molecule has 2 aliphatic rings. The van der Waals surface area contributed by atoms with Crippen LogP contribution in [-0.2, 0) is 9.47 Å². The lowest BCUT2D eigenvalue weighted by molar-refractivity contribution is 0.0179. The molecule has 4 atom stereocenters. The van der Waals surface area contributed by atoms with Gasteiger partial charge in [0.2, 0.25) is 0 Å². The van der Waals surface area contributed by atoms with Crippen LogP contribution >= 0.6 is 12.4 Å². The molecule has 2 heterocycles. The van der Waals surface area contributed by atoms with Gasteiger partial charge in [-0.2, -0.15) is 0 Å². The summed E-state index contributed by atoms with van der Waals surface area (Å²) >= 11 is 0. The molecule has 0 amide bonds. The van der Waals surface area contributed by atoms with Crippen LogP contribution in [0.2, 0.25) is 0 Å². The summed E-state index contributed by atoms with van der Waals surface area (Å²) in [7, 11) is 1.88. The van der Waals surface area contributed by atoms with Crippen molar-refractivity contribution in [1.82, 2.24) is 5.32 Å². The number of aliphatic hydroxyl groups is 1. The molecule has 2 aliphatic heterocycles. The van der Waals surface area contributed by atoms with Crippen molar-refractivity contribution in [1.29, 1.82) is 0 Å². The molecule has 0 aromatic rings. The lowest BCUT2D eigenvalue weighted by Crippen LogP contribution is -2.39. The van der Waals surface area contributed by atoms with Gasteiger partial charge in [-0.05, 0) is 7.05 Å². The Kier molecular flexibility index (Phi) is 3.31. The number of nitrogens with one attached hydrogen (secondary N) is 1. The Balaban J connectivity index is 0.000000720. The van der Waals surface area contributed by atoms with E-state index in [1.54, 1.807) is 0 Å². The largest absolute Gasteiger partial charge is 0.388 e. The number of ether oxygens (including phenoxy) is 2. The number of hydrogen-bond acceptors (Lipinski definition) is 4. The van der Waals surface area contributed by atoms with Gasteiger partial charge in [0.1, 0.15) is 18.3 Å². The second kappa shape index (κ2) is 3.89. The molecule has 0 aromatic carbocycles. The maximum absolute atomic E-state index is 9.33. The third kappa shape index (κ3) is 1.45. The van der Waals surface area contributed by atoms with Crippen LogP contribution < -0.4 is 5.32 Å². The van der Waals surface area contributed by atoms with E-state index in [4.69, 9.17) is 9.47 Å². The molecule has 0 saturated carbocycles. The molecule has 0 spiro atoms. The van der Waals surface area contributed by atoms with Crippen LogP contribution in [0, 0.1) is 0 Å². The molecule has 2 rings (SSSR count). The number of halogens is 1. The number of fused-ring (bicyclic) bond motifs is 1. The van der Waals surface area contributed by atoms with Gasteiger partial charge in [0.25, 0.3) is 0 Å². The smallest absolute Gasteiger partial charge is 0.113 e. The van der Waals surface area contributed by atoms with Gasteiger partial charge >= 0.3 is 0 Å². The summed E-state index contributed by atoms with van der Waals surface area (Å²) in [5.41, 5.74) is 0. The lowest BCUT2D eigenvalue weighted by atomic mass is 10.1. The zero-order valence-electron chi connectivity index (χ0n) is 6.90. The summed E-state index contributed by atoms with van der Waals surface area (Å²) in [6, 6.07) is 0.247. The number of aliphatic hydroxyl groups excluding tert-OH is 1. The summed E-state index contributed by atoms with van der Waals surface area (Å²) in [5, 5.41) is 12.4. The highest BCUT2D eigenvalue weighted by Crippen LogP contribution is 2.26. The van der Waals surface area contributed by atoms with Gasteiger partial charge in [0.15, 0.2) is 0 Å². The van der Waals surface area contributed by atoms with Gasteiger partial charge in [-0.25, -0.2) is 0 Å². The first-order valence-electron chi connectivity index (χ1n) is 3.91. The highest BCUT2D eigenvalue weighted by molar-refractivity contribution is 5.85. The predicted octanol–water partition coefficient (Wildman–Crippen LogP) is -0.845. The monoisotopic (exact) mass is 195 g/mol. The fourth-order valence-corrected chi connectivity index (χ4v) is 1.73. The first-order chi connectivity index (χ1) is 5.33. The van der Waals surface area contributed by atoms with Crippen molar-refractivity contribution in [3.05, 3.63) is 0 Å². The third-order valence-corrected chi connectivity index (χ3v) is 2.40. The maximum Gasteiger partial charge on any atom is 0.113 e. The molecule has 0 unspecified atom stereocenters. The number of rotatable bonds is 1. The summed E-state index contributed by atoms with van der Waals surface area (Å²) in [6.45, 7) is 1.05. The van der Waals surface area contributed by atoms with Crippen molar-refractivity contribution >= 4 is 12.4 Å². The van der Waals surface area contributed by atoms with Crippen molar-refractivity contribution in [2.45, 2.75) is 24.4 Å². The first kappa shape index (κ1) is 10.2. The summed E-state index contributed by atoms with van der Waals surface area (Å²) < 4.78 is 10.7. The van der Waals surface area contributed by atoms with E-state index in [1.165, 1.54) is 0 Å². The van der Waals surface area contributed by atoms with Gasteiger partial charge in [0.05, 0.1) is 19.3 Å². The summed E-state index contributed by atoms with van der Waals surface area (Å²) in [4.78, 5) is 0. The van der Waals surface area contributed by atoms with Crippen LogP contribution in [0.5, 0.6) is 0 Å². The van der Waals surface area contributed by atoms with Gasteiger partial charge in [-0.1, -0.05) is 0 Å². The molecular weight excluding hydrogens is 182 g/mol. The van der Waals surface area contributed by atoms with Crippen LogP contribution in [0.4, 0.5) is 0 Å². The van der Waals surface area contributed by atoms with Crippen molar-refractivity contribution < 1.29 is 14.6 Å². The van der Waals surface area contributed by atoms with Gasteiger partial charge in [0, 0.05) is 0 Å². The molecule has 2 N–H and O–H groups in total. The molecule has 0 radical (unpaired) electrons. The summed E-state index contributed by atoms with van der Waals surface area (Å²) in [5.74, 6) is 0. The second-order valence-corrected chi connectivity index (χ2v) is 3.06. The molecule has 0 aromatic heterocycles. The average Bonchev–Trinajstić information content (AvgIpc) is 2.53. The van der Waals surface area contributed by atoms with Crippen molar-refractivity contribution in [2.24, 2.45) is 0 Å². The van der Waals surface area contributed by atoms with E-state index in [0.717, 1.165) is 0 Å². The Morgan fingerprint density at radius 3 is 2.58 bits per heavy atom. The predicted molar refractivity (Wildman–Crippen MR) is 45.6 cm³/mol. The van der Waals surface area contributed by atoms with Crippen molar-refractivity contribution in [2.75, 3.05) is 20.3 Å². The Morgan fingerprint density at radius 2 is 1.92 bits per heavy atom. The quantitative estimate of drug-likeness (QED) is 0.573. The highest BCUT2D eigenvalue weighted by Gasteiger charge is 2.46. The van der Waals surface area contributed by atoms with E-state index in [1.807, 2.05) is 7.05 Å². The molecule has 0 bridgehead atoms. The standard InChI is InChI=1S/C7H13NO3.ClH/c1-8-4-2-10-7-5(9)3-11-6(4)7;/h4-9H,2-3H2,1H3;1H/t4-,5+,6+,7+;/m0./s1. The van der Waals surface area contributed by atoms with E-state index in [2.05, 4.69) is 5.32 Å². The lowest BCUT2D eigenvalue weighted by Gasteiger charge is -2.13. The molecule has 0 aliphatic carbocycles. The highest BCUT2D eigenvalue weighted by atomic mass is 35.5. The van der Waals surface area contributed by atoms with E-state index < -0.39 is 6.10 Å². The molecule has 12 heavy (non-hydrogen) atoms. The van der Waals surface area contributed by atoms with Gasteiger partial charge in [-0.15, -0.1) is 12.4 Å². The Bertz CT molecular complexity index is 158. The Morgan fingerprint density at radius 1 is 1.25 bits per heavy atom. The van der Waals surface area contributed by atoms with E-state index in [0.29, 0.717) is 13.2 Å². The maximum atomic E-state index is 9.33. The van der Waals surface area contributed by atoms with E-state index in [9.17, 15) is 5.11 Å². The van der Waals surface area contributed by atoms with Crippen LogP contribution in [-0.4, -0.2) is 49.7 Å². The van der Waals surface area contributed by atoms with Gasteiger partial charge in [-0.3, -0.25) is 0 Å². The molecular formula is C7H14ClNO3. The SMILES string of the molecule is CN[C@H]1CO[C@H]2[C@@H]1OC[C@H]2O.Cl.